The van der Waals surface area contributed by atoms with Gasteiger partial charge in [-0.3, -0.25) is 9.10 Å². The van der Waals surface area contributed by atoms with Crippen molar-refractivity contribution in [2.45, 2.75) is 32.6 Å². The van der Waals surface area contributed by atoms with Gasteiger partial charge < -0.3 is 4.57 Å². The lowest BCUT2D eigenvalue weighted by atomic mass is 10.2. The number of rotatable bonds is 8. The second-order valence-electron chi connectivity index (χ2n) is 9.16. The van der Waals surface area contributed by atoms with E-state index >= 15 is 0 Å². The molecule has 10 heteroatoms. The molecule has 3 aromatic carbocycles. The number of carbonyl (C=O) groups is 1. The number of para-hydroxylation sites is 1. The summed E-state index contributed by atoms with van der Waals surface area (Å²) < 4.78 is 44.4. The number of benzene rings is 3. The summed E-state index contributed by atoms with van der Waals surface area (Å²) in [6, 6.07) is 19.4. The average Bonchev–Trinajstić information content (AvgIpc) is 3.16. The van der Waals surface area contributed by atoms with Gasteiger partial charge in [0, 0.05) is 22.0 Å². The molecule has 0 unspecified atom stereocenters. The van der Waals surface area contributed by atoms with E-state index in [2.05, 4.69) is 10.5 Å². The quantitative estimate of drug-likeness (QED) is 0.214. The number of hydrazone groups is 1. The first kappa shape index (κ1) is 28.1. The maximum Gasteiger partial charge on any atom is 0.264 e. The fourth-order valence-corrected chi connectivity index (χ4v) is 6.01. The second kappa shape index (κ2) is 11.4. The number of aryl methyl sites for hydroxylation is 3. The number of carbonyl (C=O) groups excluding carboxylic acids is 1. The number of hydrogen-bond donors (Lipinski definition) is 1. The molecule has 0 aliphatic carbocycles. The summed E-state index contributed by atoms with van der Waals surface area (Å²) in [5, 5.41) is 4.50. The first-order valence-electron chi connectivity index (χ1n) is 12.1. The van der Waals surface area contributed by atoms with Crippen LogP contribution >= 0.6 is 11.6 Å². The van der Waals surface area contributed by atoms with Crippen LogP contribution in [0.3, 0.4) is 0 Å². The molecule has 0 aliphatic rings. The number of amides is 1. The molecule has 4 rings (SSSR count). The van der Waals surface area contributed by atoms with Gasteiger partial charge in [0.2, 0.25) is 0 Å². The van der Waals surface area contributed by atoms with E-state index in [-0.39, 0.29) is 10.7 Å². The van der Waals surface area contributed by atoms with Crippen LogP contribution in [0.25, 0.3) is 5.69 Å². The zero-order valence-corrected chi connectivity index (χ0v) is 23.5. The molecule has 1 heterocycles. The van der Waals surface area contributed by atoms with E-state index in [0.717, 1.165) is 21.3 Å². The smallest absolute Gasteiger partial charge is 0.264 e. The third-order valence-electron chi connectivity index (χ3n) is 6.28. The molecule has 39 heavy (non-hydrogen) atoms. The fraction of sp³-hybridized carbons (Fsp3) is 0.172. The lowest BCUT2D eigenvalue weighted by molar-refractivity contribution is -0.119. The molecule has 7 nitrogen and oxygen atoms in total. The molecule has 0 bridgehead atoms. The van der Waals surface area contributed by atoms with Crippen LogP contribution in [-0.4, -0.2) is 31.7 Å². The third-order valence-corrected chi connectivity index (χ3v) is 8.29. The van der Waals surface area contributed by atoms with Crippen molar-refractivity contribution in [1.29, 1.82) is 0 Å². The largest absolute Gasteiger partial charge is 0.315 e. The van der Waals surface area contributed by atoms with Crippen molar-refractivity contribution in [3.05, 3.63) is 112 Å². The van der Waals surface area contributed by atoms with E-state index in [9.17, 15) is 17.6 Å². The Morgan fingerprint density at radius 2 is 1.72 bits per heavy atom. The van der Waals surface area contributed by atoms with E-state index in [0.29, 0.717) is 27.5 Å². The van der Waals surface area contributed by atoms with Crippen molar-refractivity contribution < 1.29 is 17.6 Å². The Balaban J connectivity index is 1.59. The van der Waals surface area contributed by atoms with Gasteiger partial charge in [-0.15, -0.1) is 0 Å². The Bertz CT molecular complexity index is 1660. The number of sulfonamides is 1. The van der Waals surface area contributed by atoms with Crippen LogP contribution < -0.4 is 9.73 Å². The minimum absolute atomic E-state index is 0.0549. The van der Waals surface area contributed by atoms with E-state index in [1.807, 2.05) is 26.8 Å². The van der Waals surface area contributed by atoms with Crippen molar-refractivity contribution >= 4 is 39.4 Å². The lowest BCUT2D eigenvalue weighted by Crippen LogP contribution is -2.40. The summed E-state index contributed by atoms with van der Waals surface area (Å²) >= 11 is 6.09. The number of nitrogens with zero attached hydrogens (tertiary/aromatic N) is 3. The summed E-state index contributed by atoms with van der Waals surface area (Å²) in [6.45, 7) is 6.74. The molecule has 0 spiro atoms. The molecule has 0 saturated carbocycles. The van der Waals surface area contributed by atoms with Crippen LogP contribution in [-0.2, 0) is 14.8 Å². The number of halogens is 2. The minimum atomic E-state index is -4.08. The molecule has 0 radical (unpaired) electrons. The normalized spacial score (nSPS) is 11.6. The highest BCUT2D eigenvalue weighted by Gasteiger charge is 2.28. The molecular formula is C29H28ClFN4O3S. The Morgan fingerprint density at radius 3 is 2.38 bits per heavy atom. The highest BCUT2D eigenvalue weighted by molar-refractivity contribution is 7.92. The van der Waals surface area contributed by atoms with E-state index in [1.165, 1.54) is 24.4 Å². The molecule has 1 amide bonds. The maximum atomic E-state index is 14.4. The molecular weight excluding hydrogens is 539 g/mol. The van der Waals surface area contributed by atoms with Gasteiger partial charge in [-0.05, 0) is 81.8 Å². The van der Waals surface area contributed by atoms with Crippen molar-refractivity contribution in [2.24, 2.45) is 5.10 Å². The topological polar surface area (TPSA) is 83.8 Å². The first-order chi connectivity index (χ1) is 18.5. The molecule has 1 aromatic heterocycles. The Morgan fingerprint density at radius 1 is 1.03 bits per heavy atom. The summed E-state index contributed by atoms with van der Waals surface area (Å²) in [5.74, 6) is -0.998. The van der Waals surface area contributed by atoms with Gasteiger partial charge in [-0.2, -0.15) is 5.10 Å². The van der Waals surface area contributed by atoms with E-state index < -0.39 is 22.5 Å². The van der Waals surface area contributed by atoms with Crippen LogP contribution in [0.5, 0.6) is 0 Å². The van der Waals surface area contributed by atoms with Gasteiger partial charge in [0.05, 0.1) is 22.5 Å². The number of hydrogen-bond acceptors (Lipinski definition) is 4. The van der Waals surface area contributed by atoms with Crippen LogP contribution in [0.1, 0.15) is 28.1 Å². The van der Waals surface area contributed by atoms with Gasteiger partial charge in [0.15, 0.2) is 0 Å². The Labute approximate surface area is 232 Å². The Kier molecular flexibility index (Phi) is 8.22. The zero-order valence-electron chi connectivity index (χ0n) is 21.9. The summed E-state index contributed by atoms with van der Waals surface area (Å²) in [6.07, 6.45) is 1.45. The van der Waals surface area contributed by atoms with Gasteiger partial charge in [-0.1, -0.05) is 41.4 Å². The van der Waals surface area contributed by atoms with Crippen molar-refractivity contribution in [2.75, 3.05) is 10.8 Å². The van der Waals surface area contributed by atoms with Crippen LogP contribution in [0.4, 0.5) is 10.1 Å². The van der Waals surface area contributed by atoms with Crippen LogP contribution in [0.15, 0.2) is 82.8 Å². The summed E-state index contributed by atoms with van der Waals surface area (Å²) in [5.41, 5.74) is 6.85. The predicted octanol–water partition coefficient (Wildman–Crippen LogP) is 5.85. The van der Waals surface area contributed by atoms with E-state index in [1.54, 1.807) is 60.0 Å². The molecule has 0 fully saturated rings. The maximum absolute atomic E-state index is 14.4. The molecule has 4 aromatic rings. The third kappa shape index (κ3) is 6.05. The van der Waals surface area contributed by atoms with Crippen molar-refractivity contribution in [1.82, 2.24) is 9.99 Å². The highest BCUT2D eigenvalue weighted by Crippen LogP contribution is 2.29. The predicted molar refractivity (Wildman–Crippen MR) is 153 cm³/mol. The van der Waals surface area contributed by atoms with E-state index in [4.69, 9.17) is 11.6 Å². The van der Waals surface area contributed by atoms with Gasteiger partial charge >= 0.3 is 0 Å². The minimum Gasteiger partial charge on any atom is -0.315 e. The van der Waals surface area contributed by atoms with Crippen LogP contribution in [0.2, 0.25) is 5.02 Å². The number of anilines is 1. The SMILES string of the molecule is Cc1ccc(S(=O)(=O)N(CC(=O)N/N=C\c2cc(C)n(-c3ccccc3F)c2C)c2ccc(Cl)cc2C)cc1. The van der Waals surface area contributed by atoms with Gasteiger partial charge in [0.25, 0.3) is 15.9 Å². The molecule has 0 aliphatic heterocycles. The van der Waals surface area contributed by atoms with Gasteiger partial charge in [0.1, 0.15) is 12.4 Å². The fourth-order valence-electron chi connectivity index (χ4n) is 4.30. The zero-order chi connectivity index (χ0) is 28.3. The second-order valence-corrected chi connectivity index (χ2v) is 11.5. The summed E-state index contributed by atoms with van der Waals surface area (Å²) in [7, 11) is -4.08. The van der Waals surface area contributed by atoms with Crippen molar-refractivity contribution in [3.63, 3.8) is 0 Å². The average molecular weight is 567 g/mol. The van der Waals surface area contributed by atoms with Crippen LogP contribution in [0, 0.1) is 33.5 Å². The standard InChI is InChI=1S/C29H28ClFN4O3S/c1-19-9-12-25(13-10-19)39(37,38)34(27-14-11-24(30)15-20(27)2)18-29(36)33-32-17-23-16-21(3)35(22(23)4)28-8-6-5-7-26(28)31/h5-17H,18H2,1-4H3,(H,33,36)/b32-17-. The number of aromatic nitrogens is 1. The van der Waals surface area contributed by atoms with Gasteiger partial charge in [-0.25, -0.2) is 18.2 Å². The monoisotopic (exact) mass is 566 g/mol. The summed E-state index contributed by atoms with van der Waals surface area (Å²) in [4.78, 5) is 13.0. The highest BCUT2D eigenvalue weighted by atomic mass is 35.5. The lowest BCUT2D eigenvalue weighted by Gasteiger charge is -2.25. The molecule has 0 atom stereocenters. The van der Waals surface area contributed by atoms with Crippen molar-refractivity contribution in [3.8, 4) is 5.69 Å². The Hall–Kier alpha value is -3.95. The molecule has 0 saturated heterocycles. The number of nitrogens with one attached hydrogen (secondary N) is 1. The molecule has 202 valence electrons. The molecule has 1 N–H and O–H groups in total. The first-order valence-corrected chi connectivity index (χ1v) is 13.9.